The molecule has 1 aliphatic rings. The SMILES string of the molecule is BrCCOC[C@@H]1CCCCO1. The standard InChI is InChI=1S/C8H15BrO2/c9-4-6-10-7-8-3-1-2-5-11-8/h8H,1-7H2/t8-/m0/s1. The zero-order valence-corrected chi connectivity index (χ0v) is 8.31. The van der Waals surface area contributed by atoms with E-state index in [0.29, 0.717) is 6.10 Å². The monoisotopic (exact) mass is 222 g/mol. The highest BCUT2D eigenvalue weighted by Crippen LogP contribution is 2.12. The molecule has 0 radical (unpaired) electrons. The molecule has 0 spiro atoms. The predicted molar refractivity (Wildman–Crippen MR) is 48.2 cm³/mol. The van der Waals surface area contributed by atoms with Crippen LogP contribution in [0.4, 0.5) is 0 Å². The van der Waals surface area contributed by atoms with Gasteiger partial charge in [-0.2, -0.15) is 0 Å². The summed E-state index contributed by atoms with van der Waals surface area (Å²) in [6.45, 7) is 2.48. The summed E-state index contributed by atoms with van der Waals surface area (Å²) in [5.41, 5.74) is 0. The van der Waals surface area contributed by atoms with E-state index in [2.05, 4.69) is 15.9 Å². The molecule has 0 unspecified atom stereocenters. The van der Waals surface area contributed by atoms with Gasteiger partial charge in [0.2, 0.25) is 0 Å². The van der Waals surface area contributed by atoms with Gasteiger partial charge in [0.15, 0.2) is 0 Å². The first kappa shape index (κ1) is 9.49. The van der Waals surface area contributed by atoms with Gasteiger partial charge in [0, 0.05) is 11.9 Å². The summed E-state index contributed by atoms with van der Waals surface area (Å²) < 4.78 is 10.8. The lowest BCUT2D eigenvalue weighted by atomic mass is 10.1. The molecule has 1 rings (SSSR count). The largest absolute Gasteiger partial charge is 0.378 e. The second-order valence-corrected chi connectivity index (χ2v) is 3.55. The van der Waals surface area contributed by atoms with Crippen molar-refractivity contribution in [3.8, 4) is 0 Å². The Morgan fingerprint density at radius 2 is 2.36 bits per heavy atom. The molecule has 0 N–H and O–H groups in total. The predicted octanol–water partition coefficient (Wildman–Crippen LogP) is 1.97. The summed E-state index contributed by atoms with van der Waals surface area (Å²) in [7, 11) is 0. The van der Waals surface area contributed by atoms with Crippen molar-refractivity contribution in [3.63, 3.8) is 0 Å². The van der Waals surface area contributed by atoms with Gasteiger partial charge in [0.05, 0.1) is 19.3 Å². The average molecular weight is 223 g/mol. The first-order chi connectivity index (χ1) is 5.43. The maximum atomic E-state index is 5.48. The molecule has 1 saturated heterocycles. The van der Waals surface area contributed by atoms with Crippen LogP contribution in [0.1, 0.15) is 19.3 Å². The molecule has 66 valence electrons. The molecule has 1 fully saturated rings. The van der Waals surface area contributed by atoms with Crippen LogP contribution in [0.15, 0.2) is 0 Å². The second kappa shape index (κ2) is 5.98. The van der Waals surface area contributed by atoms with Gasteiger partial charge in [-0.3, -0.25) is 0 Å². The Balaban J connectivity index is 1.96. The Morgan fingerprint density at radius 1 is 1.45 bits per heavy atom. The Morgan fingerprint density at radius 3 is 3.00 bits per heavy atom. The van der Waals surface area contributed by atoms with Gasteiger partial charge < -0.3 is 9.47 Å². The average Bonchev–Trinajstić information content (AvgIpc) is 2.07. The number of hydrogen-bond acceptors (Lipinski definition) is 2. The van der Waals surface area contributed by atoms with Crippen molar-refractivity contribution in [1.29, 1.82) is 0 Å². The maximum absolute atomic E-state index is 5.48. The molecule has 1 aliphatic heterocycles. The van der Waals surface area contributed by atoms with Crippen LogP contribution in [-0.2, 0) is 9.47 Å². The summed E-state index contributed by atoms with van der Waals surface area (Å²) in [6.07, 6.45) is 4.04. The molecule has 1 atom stereocenters. The van der Waals surface area contributed by atoms with Crippen LogP contribution in [0, 0.1) is 0 Å². The van der Waals surface area contributed by atoms with Crippen molar-refractivity contribution in [1.82, 2.24) is 0 Å². The van der Waals surface area contributed by atoms with E-state index >= 15 is 0 Å². The summed E-state index contributed by atoms with van der Waals surface area (Å²) >= 11 is 3.31. The zero-order valence-electron chi connectivity index (χ0n) is 6.72. The number of hydrogen-bond donors (Lipinski definition) is 0. The lowest BCUT2D eigenvalue weighted by Crippen LogP contribution is -2.24. The number of halogens is 1. The molecule has 0 aromatic carbocycles. The topological polar surface area (TPSA) is 18.5 Å². The van der Waals surface area contributed by atoms with E-state index in [1.165, 1.54) is 19.3 Å². The van der Waals surface area contributed by atoms with Crippen LogP contribution in [0.2, 0.25) is 0 Å². The first-order valence-corrected chi connectivity index (χ1v) is 5.31. The molecule has 11 heavy (non-hydrogen) atoms. The third kappa shape index (κ3) is 4.09. The van der Waals surface area contributed by atoms with E-state index in [-0.39, 0.29) is 0 Å². The summed E-state index contributed by atoms with van der Waals surface area (Å²) in [6, 6.07) is 0. The molecule has 0 aliphatic carbocycles. The molecule has 3 heteroatoms. The highest BCUT2D eigenvalue weighted by molar-refractivity contribution is 9.09. The van der Waals surface area contributed by atoms with Crippen LogP contribution in [-0.4, -0.2) is 31.3 Å². The van der Waals surface area contributed by atoms with Gasteiger partial charge in [-0.05, 0) is 19.3 Å². The smallest absolute Gasteiger partial charge is 0.0808 e. The minimum atomic E-state index is 0.364. The second-order valence-electron chi connectivity index (χ2n) is 2.75. The summed E-state index contributed by atoms with van der Waals surface area (Å²) in [5, 5.41) is 0.916. The number of rotatable bonds is 4. The number of ether oxygens (including phenoxy) is 2. The van der Waals surface area contributed by atoms with Crippen molar-refractivity contribution >= 4 is 15.9 Å². The Hall–Kier alpha value is 0.400. The van der Waals surface area contributed by atoms with Crippen LogP contribution < -0.4 is 0 Å². The molecule has 0 amide bonds. The van der Waals surface area contributed by atoms with Crippen LogP contribution in [0.5, 0.6) is 0 Å². The highest BCUT2D eigenvalue weighted by Gasteiger charge is 2.12. The molecule has 2 nitrogen and oxygen atoms in total. The Bertz CT molecular complexity index is 92.1. The van der Waals surface area contributed by atoms with Crippen LogP contribution in [0.3, 0.4) is 0 Å². The molecule has 0 aromatic heterocycles. The zero-order chi connectivity index (χ0) is 7.94. The van der Waals surface area contributed by atoms with Crippen molar-refractivity contribution in [3.05, 3.63) is 0 Å². The molecule has 0 bridgehead atoms. The van der Waals surface area contributed by atoms with Gasteiger partial charge >= 0.3 is 0 Å². The fraction of sp³-hybridized carbons (Fsp3) is 1.00. The van der Waals surface area contributed by atoms with Gasteiger partial charge in [0.25, 0.3) is 0 Å². The summed E-state index contributed by atoms with van der Waals surface area (Å²) in [5.74, 6) is 0. The molecular formula is C8H15BrO2. The third-order valence-electron chi connectivity index (χ3n) is 1.80. The van der Waals surface area contributed by atoms with Crippen molar-refractivity contribution < 1.29 is 9.47 Å². The van der Waals surface area contributed by atoms with Crippen LogP contribution in [0.25, 0.3) is 0 Å². The van der Waals surface area contributed by atoms with Gasteiger partial charge in [-0.15, -0.1) is 0 Å². The molecular weight excluding hydrogens is 208 g/mol. The Kier molecular flexibility index (Phi) is 5.15. The molecule has 0 aromatic rings. The normalized spacial score (nSPS) is 25.4. The van der Waals surface area contributed by atoms with Gasteiger partial charge in [0.1, 0.15) is 0 Å². The molecule has 1 heterocycles. The maximum Gasteiger partial charge on any atom is 0.0808 e. The van der Waals surface area contributed by atoms with Crippen molar-refractivity contribution in [2.24, 2.45) is 0 Å². The van der Waals surface area contributed by atoms with E-state index in [0.717, 1.165) is 25.2 Å². The first-order valence-electron chi connectivity index (χ1n) is 4.19. The minimum absolute atomic E-state index is 0.364. The lowest BCUT2D eigenvalue weighted by molar-refractivity contribution is -0.0375. The van der Waals surface area contributed by atoms with E-state index in [1.807, 2.05) is 0 Å². The van der Waals surface area contributed by atoms with E-state index in [1.54, 1.807) is 0 Å². The fourth-order valence-corrected chi connectivity index (χ4v) is 1.44. The van der Waals surface area contributed by atoms with E-state index in [4.69, 9.17) is 9.47 Å². The third-order valence-corrected chi connectivity index (χ3v) is 2.12. The van der Waals surface area contributed by atoms with Gasteiger partial charge in [-0.25, -0.2) is 0 Å². The van der Waals surface area contributed by atoms with Crippen molar-refractivity contribution in [2.75, 3.05) is 25.2 Å². The highest BCUT2D eigenvalue weighted by atomic mass is 79.9. The summed E-state index contributed by atoms with van der Waals surface area (Å²) in [4.78, 5) is 0. The van der Waals surface area contributed by atoms with Gasteiger partial charge in [-0.1, -0.05) is 15.9 Å². The quantitative estimate of drug-likeness (QED) is 0.535. The molecule has 0 saturated carbocycles. The van der Waals surface area contributed by atoms with Crippen molar-refractivity contribution in [2.45, 2.75) is 25.4 Å². The number of alkyl halides is 1. The minimum Gasteiger partial charge on any atom is -0.378 e. The lowest BCUT2D eigenvalue weighted by Gasteiger charge is -2.21. The van der Waals surface area contributed by atoms with E-state index in [9.17, 15) is 0 Å². The van der Waals surface area contributed by atoms with Crippen LogP contribution >= 0.6 is 15.9 Å². The fourth-order valence-electron chi connectivity index (χ4n) is 1.21. The Labute approximate surface area is 76.4 Å². The van der Waals surface area contributed by atoms with E-state index < -0.39 is 0 Å².